The summed E-state index contributed by atoms with van der Waals surface area (Å²) in [5, 5.41) is 0. The fourth-order valence-electron chi connectivity index (χ4n) is 2.40. The Kier molecular flexibility index (Phi) is 7.87. The molecule has 0 aliphatic heterocycles. The fraction of sp³-hybridized carbons (Fsp3) is 0.364. The van der Waals surface area contributed by atoms with Crippen molar-refractivity contribution in [2.24, 2.45) is 5.92 Å². The number of hydrogen-bond donors (Lipinski definition) is 2. The summed E-state index contributed by atoms with van der Waals surface area (Å²) in [6.07, 6.45) is -0.231. The van der Waals surface area contributed by atoms with E-state index in [-0.39, 0.29) is 0 Å². The molecular weight excluding hydrogens is 356 g/mol. The van der Waals surface area contributed by atoms with Gasteiger partial charge in [0.2, 0.25) is 0 Å². The van der Waals surface area contributed by atoms with Gasteiger partial charge in [-0.15, -0.1) is 0 Å². The molecule has 2 rings (SSSR count). The number of ether oxygens (including phenoxy) is 2. The summed E-state index contributed by atoms with van der Waals surface area (Å²) in [4.78, 5) is 24.6. The Bertz CT molecular complexity index is 787. The molecule has 6 nitrogen and oxygen atoms in total. The number of hydrazine groups is 1. The highest BCUT2D eigenvalue weighted by Crippen LogP contribution is 2.19. The Morgan fingerprint density at radius 1 is 1.00 bits per heavy atom. The summed E-state index contributed by atoms with van der Waals surface area (Å²) < 4.78 is 11.4. The number of carbonyl (C=O) groups excluding carboxylic acids is 2. The zero-order valence-corrected chi connectivity index (χ0v) is 16.8. The number of para-hydroxylation sites is 1. The number of hydrogen-bond acceptors (Lipinski definition) is 4. The maximum Gasteiger partial charge on any atom is 0.279 e. The Morgan fingerprint density at radius 3 is 2.29 bits per heavy atom. The van der Waals surface area contributed by atoms with Gasteiger partial charge in [-0.25, -0.2) is 0 Å². The molecule has 1 atom stereocenters. The summed E-state index contributed by atoms with van der Waals surface area (Å²) in [6.45, 7) is 8.51. The van der Waals surface area contributed by atoms with Crippen LogP contribution >= 0.6 is 0 Å². The number of carbonyl (C=O) groups is 2. The maximum absolute atomic E-state index is 12.4. The van der Waals surface area contributed by atoms with Crippen molar-refractivity contribution in [3.63, 3.8) is 0 Å². The molecule has 0 saturated heterocycles. The highest BCUT2D eigenvalue weighted by molar-refractivity contribution is 5.95. The lowest BCUT2D eigenvalue weighted by Gasteiger charge is -2.18. The molecule has 150 valence electrons. The molecule has 0 saturated carbocycles. The van der Waals surface area contributed by atoms with E-state index in [1.54, 1.807) is 24.3 Å². The van der Waals surface area contributed by atoms with Gasteiger partial charge in [-0.3, -0.25) is 20.4 Å². The Hall–Kier alpha value is -3.02. The Balaban J connectivity index is 1.88. The second-order valence-electron chi connectivity index (χ2n) is 6.95. The molecule has 2 N–H and O–H groups in total. The summed E-state index contributed by atoms with van der Waals surface area (Å²) >= 11 is 0. The SMILES string of the molecule is CCC(Oc1ccccc1C)C(=O)NNC(=O)c1ccc(OCC(C)C)cc1. The Labute approximate surface area is 166 Å². The van der Waals surface area contributed by atoms with Crippen LogP contribution in [0.3, 0.4) is 0 Å². The molecule has 28 heavy (non-hydrogen) atoms. The molecule has 1 unspecified atom stereocenters. The van der Waals surface area contributed by atoms with Crippen molar-refractivity contribution in [1.29, 1.82) is 0 Å². The van der Waals surface area contributed by atoms with Crippen molar-refractivity contribution in [2.75, 3.05) is 6.61 Å². The van der Waals surface area contributed by atoms with E-state index < -0.39 is 17.9 Å². The standard InChI is InChI=1S/C22H28N2O4/c1-5-19(28-20-9-7-6-8-16(20)4)22(26)24-23-21(25)17-10-12-18(13-11-17)27-14-15(2)3/h6-13,15,19H,5,14H2,1-4H3,(H,23,25)(H,24,26). The van der Waals surface area contributed by atoms with Gasteiger partial charge in [-0.2, -0.15) is 0 Å². The highest BCUT2D eigenvalue weighted by Gasteiger charge is 2.20. The van der Waals surface area contributed by atoms with Crippen LogP contribution in [0.1, 0.15) is 43.1 Å². The van der Waals surface area contributed by atoms with Gasteiger partial charge in [0.1, 0.15) is 11.5 Å². The molecular formula is C22H28N2O4. The van der Waals surface area contributed by atoms with Crippen LogP contribution in [0.4, 0.5) is 0 Å². The van der Waals surface area contributed by atoms with Gasteiger partial charge in [0.05, 0.1) is 6.61 Å². The minimum Gasteiger partial charge on any atom is -0.493 e. The molecule has 6 heteroatoms. The molecule has 0 bridgehead atoms. The van der Waals surface area contributed by atoms with E-state index in [1.807, 2.05) is 38.1 Å². The van der Waals surface area contributed by atoms with Crippen molar-refractivity contribution in [3.05, 3.63) is 59.7 Å². The molecule has 0 fully saturated rings. The molecule has 0 radical (unpaired) electrons. The van der Waals surface area contributed by atoms with E-state index in [0.29, 0.717) is 36.0 Å². The van der Waals surface area contributed by atoms with Crippen LogP contribution in [-0.2, 0) is 4.79 Å². The smallest absolute Gasteiger partial charge is 0.279 e. The highest BCUT2D eigenvalue weighted by atomic mass is 16.5. The molecule has 0 aliphatic rings. The van der Waals surface area contributed by atoms with Crippen molar-refractivity contribution in [1.82, 2.24) is 10.9 Å². The van der Waals surface area contributed by atoms with Crippen LogP contribution in [0.2, 0.25) is 0 Å². The third-order valence-corrected chi connectivity index (χ3v) is 4.03. The zero-order valence-electron chi connectivity index (χ0n) is 16.8. The molecule has 0 aliphatic carbocycles. The van der Waals surface area contributed by atoms with Crippen LogP contribution < -0.4 is 20.3 Å². The minimum atomic E-state index is -0.701. The summed E-state index contributed by atoms with van der Waals surface area (Å²) in [6, 6.07) is 14.2. The predicted molar refractivity (Wildman–Crippen MR) is 108 cm³/mol. The zero-order chi connectivity index (χ0) is 20.5. The normalized spacial score (nSPS) is 11.6. The predicted octanol–water partition coefficient (Wildman–Crippen LogP) is 3.65. The van der Waals surface area contributed by atoms with Crippen LogP contribution in [0.5, 0.6) is 11.5 Å². The molecule has 2 amide bonds. The van der Waals surface area contributed by atoms with E-state index in [2.05, 4.69) is 24.7 Å². The van der Waals surface area contributed by atoms with Gasteiger partial charge in [0.25, 0.3) is 11.8 Å². The van der Waals surface area contributed by atoms with Gasteiger partial charge in [-0.05, 0) is 55.2 Å². The second-order valence-corrected chi connectivity index (χ2v) is 6.95. The first-order valence-electron chi connectivity index (χ1n) is 9.46. The number of rotatable bonds is 8. The van der Waals surface area contributed by atoms with Crippen molar-refractivity contribution >= 4 is 11.8 Å². The number of aryl methyl sites for hydroxylation is 1. The topological polar surface area (TPSA) is 76.7 Å². The van der Waals surface area contributed by atoms with Gasteiger partial charge < -0.3 is 9.47 Å². The summed E-state index contributed by atoms with van der Waals surface area (Å²) in [5.41, 5.74) is 6.22. The lowest BCUT2D eigenvalue weighted by molar-refractivity contribution is -0.128. The van der Waals surface area contributed by atoms with Crippen LogP contribution in [0.25, 0.3) is 0 Å². The molecule has 2 aromatic rings. The van der Waals surface area contributed by atoms with Gasteiger partial charge >= 0.3 is 0 Å². The summed E-state index contributed by atoms with van der Waals surface area (Å²) in [7, 11) is 0. The maximum atomic E-state index is 12.4. The molecule has 0 aromatic heterocycles. The summed E-state index contributed by atoms with van der Waals surface area (Å²) in [5.74, 6) is 0.955. The van der Waals surface area contributed by atoms with Crippen molar-refractivity contribution in [2.45, 2.75) is 40.2 Å². The van der Waals surface area contributed by atoms with E-state index in [9.17, 15) is 9.59 Å². The third kappa shape index (κ3) is 6.30. The third-order valence-electron chi connectivity index (χ3n) is 4.03. The number of benzene rings is 2. The average molecular weight is 384 g/mol. The van der Waals surface area contributed by atoms with E-state index in [1.165, 1.54) is 0 Å². The first-order valence-corrected chi connectivity index (χ1v) is 9.46. The molecule has 2 aromatic carbocycles. The first-order chi connectivity index (χ1) is 13.4. The van der Waals surface area contributed by atoms with Crippen LogP contribution in [0, 0.1) is 12.8 Å². The Morgan fingerprint density at radius 2 is 1.68 bits per heavy atom. The van der Waals surface area contributed by atoms with Crippen molar-refractivity contribution < 1.29 is 19.1 Å². The van der Waals surface area contributed by atoms with Gasteiger partial charge in [0, 0.05) is 5.56 Å². The van der Waals surface area contributed by atoms with Crippen LogP contribution in [-0.4, -0.2) is 24.5 Å². The van der Waals surface area contributed by atoms with Gasteiger partial charge in [0.15, 0.2) is 6.10 Å². The number of nitrogens with one attached hydrogen (secondary N) is 2. The van der Waals surface area contributed by atoms with E-state index in [4.69, 9.17) is 9.47 Å². The lowest BCUT2D eigenvalue weighted by Crippen LogP contribution is -2.48. The average Bonchev–Trinajstić information content (AvgIpc) is 2.70. The van der Waals surface area contributed by atoms with Crippen LogP contribution in [0.15, 0.2) is 48.5 Å². The largest absolute Gasteiger partial charge is 0.493 e. The second kappa shape index (κ2) is 10.3. The quantitative estimate of drug-likeness (QED) is 0.681. The fourth-order valence-corrected chi connectivity index (χ4v) is 2.40. The molecule has 0 heterocycles. The van der Waals surface area contributed by atoms with E-state index in [0.717, 1.165) is 5.56 Å². The number of amides is 2. The lowest BCUT2D eigenvalue weighted by atomic mass is 10.2. The van der Waals surface area contributed by atoms with E-state index >= 15 is 0 Å². The van der Waals surface area contributed by atoms with Gasteiger partial charge in [-0.1, -0.05) is 39.0 Å². The monoisotopic (exact) mass is 384 g/mol. The minimum absolute atomic E-state index is 0.406. The molecule has 0 spiro atoms. The van der Waals surface area contributed by atoms with Crippen molar-refractivity contribution in [3.8, 4) is 11.5 Å². The first kappa shape index (κ1) is 21.3.